The number of aromatic carboxylic acids is 1. The Morgan fingerprint density at radius 1 is 1.38 bits per heavy atom. The van der Waals surface area contributed by atoms with Crippen molar-refractivity contribution in [2.24, 2.45) is 5.92 Å². The third-order valence-electron chi connectivity index (χ3n) is 3.29. The van der Waals surface area contributed by atoms with E-state index in [2.05, 4.69) is 18.9 Å². The summed E-state index contributed by atoms with van der Waals surface area (Å²) in [7, 11) is 1.56. The molecule has 0 amide bonds. The van der Waals surface area contributed by atoms with E-state index in [0.717, 1.165) is 6.42 Å². The number of methoxy groups -OCH3 is 1. The highest BCUT2D eigenvalue weighted by Crippen LogP contribution is 2.31. The zero-order valence-corrected chi connectivity index (χ0v) is 12.5. The van der Waals surface area contributed by atoms with Gasteiger partial charge in [-0.05, 0) is 24.5 Å². The van der Waals surface area contributed by atoms with E-state index in [9.17, 15) is 9.90 Å². The van der Waals surface area contributed by atoms with Crippen LogP contribution < -0.4 is 4.74 Å². The molecule has 0 radical (unpaired) electrons. The maximum Gasteiger partial charge on any atom is 0.339 e. The Labute approximate surface area is 124 Å². The fourth-order valence-electron chi connectivity index (χ4n) is 2.12. The van der Waals surface area contributed by atoms with E-state index < -0.39 is 5.97 Å². The molecule has 21 heavy (non-hydrogen) atoms. The summed E-state index contributed by atoms with van der Waals surface area (Å²) in [4.78, 5) is 11.5. The van der Waals surface area contributed by atoms with Gasteiger partial charge in [-0.3, -0.25) is 4.68 Å². The lowest BCUT2D eigenvalue weighted by Gasteiger charge is -2.06. The number of carbonyl (C=O) groups is 1. The molecular weight excluding hydrogens is 268 g/mol. The monoisotopic (exact) mass is 288 g/mol. The maximum absolute atomic E-state index is 11.5. The first kappa shape index (κ1) is 15.1. The van der Waals surface area contributed by atoms with E-state index in [1.165, 1.54) is 0 Å². The summed E-state index contributed by atoms with van der Waals surface area (Å²) in [5, 5.41) is 13.8. The minimum atomic E-state index is -0.980. The number of carboxylic acids is 1. The van der Waals surface area contributed by atoms with E-state index >= 15 is 0 Å². The van der Waals surface area contributed by atoms with E-state index in [-0.39, 0.29) is 5.56 Å². The van der Waals surface area contributed by atoms with Crippen LogP contribution in [0.3, 0.4) is 0 Å². The Bertz CT molecular complexity index is 632. The fourth-order valence-corrected chi connectivity index (χ4v) is 2.12. The third-order valence-corrected chi connectivity index (χ3v) is 3.29. The first-order valence-corrected chi connectivity index (χ1v) is 6.97. The van der Waals surface area contributed by atoms with Crippen molar-refractivity contribution < 1.29 is 14.6 Å². The van der Waals surface area contributed by atoms with Crippen LogP contribution in [0.15, 0.2) is 30.5 Å². The molecule has 5 heteroatoms. The van der Waals surface area contributed by atoms with E-state index in [4.69, 9.17) is 4.74 Å². The van der Waals surface area contributed by atoms with Crippen LogP contribution in [0.25, 0.3) is 11.3 Å². The van der Waals surface area contributed by atoms with Crippen LogP contribution in [0, 0.1) is 5.92 Å². The van der Waals surface area contributed by atoms with Crippen molar-refractivity contribution in [3.8, 4) is 17.0 Å². The lowest BCUT2D eigenvalue weighted by atomic mass is 10.1. The van der Waals surface area contributed by atoms with Gasteiger partial charge in [-0.1, -0.05) is 26.0 Å². The van der Waals surface area contributed by atoms with Crippen LogP contribution in [-0.2, 0) is 6.54 Å². The Kier molecular flexibility index (Phi) is 4.62. The average molecular weight is 288 g/mol. The summed E-state index contributed by atoms with van der Waals surface area (Å²) in [6.45, 7) is 4.96. The summed E-state index contributed by atoms with van der Waals surface area (Å²) < 4.78 is 7.00. The Morgan fingerprint density at radius 3 is 2.71 bits per heavy atom. The van der Waals surface area contributed by atoms with E-state index in [1.54, 1.807) is 24.1 Å². The maximum atomic E-state index is 11.5. The lowest BCUT2D eigenvalue weighted by Crippen LogP contribution is -2.02. The Hall–Kier alpha value is -2.30. The van der Waals surface area contributed by atoms with Crippen molar-refractivity contribution in [2.75, 3.05) is 7.11 Å². The van der Waals surface area contributed by atoms with Gasteiger partial charge in [0.1, 0.15) is 17.0 Å². The number of rotatable bonds is 6. The molecule has 0 bridgehead atoms. The smallest absolute Gasteiger partial charge is 0.339 e. The average Bonchev–Trinajstić information content (AvgIpc) is 2.89. The van der Waals surface area contributed by atoms with Crippen LogP contribution in [0.5, 0.6) is 5.75 Å². The molecule has 2 aromatic rings. The quantitative estimate of drug-likeness (QED) is 0.885. The Morgan fingerprint density at radius 2 is 2.10 bits per heavy atom. The van der Waals surface area contributed by atoms with Gasteiger partial charge in [0.2, 0.25) is 0 Å². The molecular formula is C16H20N2O3. The molecule has 0 saturated heterocycles. The molecule has 0 atom stereocenters. The predicted molar refractivity (Wildman–Crippen MR) is 80.6 cm³/mol. The van der Waals surface area contributed by atoms with Crippen LogP contribution >= 0.6 is 0 Å². The van der Waals surface area contributed by atoms with E-state index in [1.807, 2.05) is 18.2 Å². The SMILES string of the molecule is COc1ccccc1-c1nn(CCC(C)C)cc1C(=O)O. The van der Waals surface area contributed by atoms with Gasteiger partial charge in [0.25, 0.3) is 0 Å². The molecule has 1 N–H and O–H groups in total. The minimum Gasteiger partial charge on any atom is -0.496 e. The largest absolute Gasteiger partial charge is 0.496 e. The first-order valence-electron chi connectivity index (χ1n) is 6.97. The first-order chi connectivity index (χ1) is 10.0. The zero-order chi connectivity index (χ0) is 15.4. The highest BCUT2D eigenvalue weighted by Gasteiger charge is 2.19. The summed E-state index contributed by atoms with van der Waals surface area (Å²) in [5.41, 5.74) is 1.34. The number of hydrogen-bond acceptors (Lipinski definition) is 3. The molecule has 1 heterocycles. The normalized spacial score (nSPS) is 10.9. The molecule has 0 aliphatic carbocycles. The molecule has 0 saturated carbocycles. The fraction of sp³-hybridized carbons (Fsp3) is 0.375. The highest BCUT2D eigenvalue weighted by molar-refractivity contribution is 5.95. The Balaban J connectivity index is 2.44. The van der Waals surface area contributed by atoms with Gasteiger partial charge in [0.05, 0.1) is 7.11 Å². The molecule has 0 unspecified atom stereocenters. The standard InChI is InChI=1S/C16H20N2O3/c1-11(2)8-9-18-10-13(16(19)20)15(17-18)12-6-4-5-7-14(12)21-3/h4-7,10-11H,8-9H2,1-3H3,(H,19,20). The van der Waals surface area contributed by atoms with Crippen LogP contribution in [-0.4, -0.2) is 28.0 Å². The molecule has 0 aliphatic heterocycles. The van der Waals surface area contributed by atoms with Gasteiger partial charge in [-0.2, -0.15) is 5.10 Å². The van der Waals surface area contributed by atoms with Crippen molar-refractivity contribution >= 4 is 5.97 Å². The van der Waals surface area contributed by atoms with Gasteiger partial charge >= 0.3 is 5.97 Å². The molecule has 112 valence electrons. The zero-order valence-electron chi connectivity index (χ0n) is 12.5. The van der Waals surface area contributed by atoms with Crippen LogP contribution in [0.1, 0.15) is 30.6 Å². The second-order valence-electron chi connectivity index (χ2n) is 5.34. The predicted octanol–water partition coefficient (Wildman–Crippen LogP) is 3.30. The number of para-hydroxylation sites is 1. The van der Waals surface area contributed by atoms with Gasteiger partial charge < -0.3 is 9.84 Å². The number of benzene rings is 1. The molecule has 1 aromatic carbocycles. The summed E-state index contributed by atoms with van der Waals surface area (Å²) in [6, 6.07) is 7.31. The molecule has 2 rings (SSSR count). The summed E-state index contributed by atoms with van der Waals surface area (Å²) in [5.74, 6) is 0.179. The lowest BCUT2D eigenvalue weighted by molar-refractivity contribution is 0.0697. The van der Waals surface area contributed by atoms with Crippen molar-refractivity contribution in [3.63, 3.8) is 0 Å². The molecule has 1 aromatic heterocycles. The third kappa shape index (κ3) is 3.42. The molecule has 5 nitrogen and oxygen atoms in total. The van der Waals surface area contributed by atoms with E-state index in [0.29, 0.717) is 29.5 Å². The van der Waals surface area contributed by atoms with Gasteiger partial charge in [0, 0.05) is 18.3 Å². The molecule has 0 aliphatic rings. The topological polar surface area (TPSA) is 64.4 Å². The molecule has 0 spiro atoms. The van der Waals surface area contributed by atoms with Crippen LogP contribution in [0.4, 0.5) is 0 Å². The molecule has 0 fully saturated rings. The summed E-state index contributed by atoms with van der Waals surface area (Å²) in [6.07, 6.45) is 2.54. The van der Waals surface area contributed by atoms with Gasteiger partial charge in [-0.15, -0.1) is 0 Å². The van der Waals surface area contributed by atoms with Crippen molar-refractivity contribution in [2.45, 2.75) is 26.8 Å². The minimum absolute atomic E-state index is 0.197. The number of carboxylic acid groups (broad SMARTS) is 1. The number of hydrogen-bond donors (Lipinski definition) is 1. The second kappa shape index (κ2) is 6.43. The highest BCUT2D eigenvalue weighted by atomic mass is 16.5. The number of nitrogens with zero attached hydrogens (tertiary/aromatic N) is 2. The van der Waals surface area contributed by atoms with Crippen molar-refractivity contribution in [3.05, 3.63) is 36.0 Å². The number of aryl methyl sites for hydroxylation is 1. The van der Waals surface area contributed by atoms with Crippen LogP contribution in [0.2, 0.25) is 0 Å². The second-order valence-corrected chi connectivity index (χ2v) is 5.34. The summed E-state index contributed by atoms with van der Waals surface area (Å²) >= 11 is 0. The van der Waals surface area contributed by atoms with Crippen molar-refractivity contribution in [1.29, 1.82) is 0 Å². The number of aromatic nitrogens is 2. The van der Waals surface area contributed by atoms with Gasteiger partial charge in [0.15, 0.2) is 0 Å². The van der Waals surface area contributed by atoms with Gasteiger partial charge in [-0.25, -0.2) is 4.79 Å². The number of ether oxygens (including phenoxy) is 1. The van der Waals surface area contributed by atoms with Crippen molar-refractivity contribution in [1.82, 2.24) is 9.78 Å².